The van der Waals surface area contributed by atoms with E-state index in [1.165, 1.54) is 11.1 Å². The van der Waals surface area contributed by atoms with Gasteiger partial charge in [0.15, 0.2) is 5.65 Å². The molecule has 0 bridgehead atoms. The quantitative estimate of drug-likeness (QED) is 0.576. The molecule has 0 aliphatic carbocycles. The number of pyridine rings is 1. The van der Waals surface area contributed by atoms with Crippen molar-refractivity contribution in [1.82, 2.24) is 24.3 Å². The third-order valence-corrected chi connectivity index (χ3v) is 6.12. The number of anilines is 2. The Bertz CT molecular complexity index is 1280. The number of rotatable bonds is 4. The average molecular weight is 504 g/mol. The maximum Gasteiger partial charge on any atom is 0.410 e. The largest absolute Gasteiger partial charge is 0.444 e. The number of carbonyl (C=O) groups is 1. The number of aromatic nitrogens is 4. The van der Waals surface area contributed by atoms with Gasteiger partial charge in [-0.15, -0.1) is 0 Å². The first-order valence-corrected chi connectivity index (χ1v) is 11.8. The van der Waals surface area contributed by atoms with Crippen LogP contribution in [0.25, 0.3) is 17.0 Å². The van der Waals surface area contributed by atoms with Gasteiger partial charge in [-0.25, -0.2) is 32.9 Å². The highest BCUT2D eigenvalue weighted by molar-refractivity contribution is 5.69. The third-order valence-electron chi connectivity index (χ3n) is 6.12. The predicted molar refractivity (Wildman–Crippen MR) is 128 cm³/mol. The second-order valence-electron chi connectivity index (χ2n) is 10.2. The van der Waals surface area contributed by atoms with Gasteiger partial charge in [0.2, 0.25) is 0 Å². The molecule has 5 heterocycles. The van der Waals surface area contributed by atoms with Crippen molar-refractivity contribution in [1.29, 1.82) is 0 Å². The van der Waals surface area contributed by atoms with Crippen LogP contribution >= 0.6 is 0 Å². The molecule has 9 nitrogen and oxygen atoms in total. The van der Waals surface area contributed by atoms with E-state index in [2.05, 4.69) is 20.3 Å². The summed E-state index contributed by atoms with van der Waals surface area (Å²) in [4.78, 5) is 28.5. The van der Waals surface area contributed by atoms with Gasteiger partial charge in [0.1, 0.15) is 23.4 Å². The molecule has 0 unspecified atom stereocenters. The zero-order chi connectivity index (χ0) is 25.7. The Morgan fingerprint density at radius 3 is 2.72 bits per heavy atom. The van der Waals surface area contributed by atoms with Crippen LogP contribution < -0.4 is 10.2 Å². The third kappa shape index (κ3) is 5.02. The molecule has 2 atom stereocenters. The molecule has 1 amide bonds. The summed E-state index contributed by atoms with van der Waals surface area (Å²) in [6, 6.07) is 4.64. The van der Waals surface area contributed by atoms with E-state index >= 15 is 0 Å². The van der Waals surface area contributed by atoms with Gasteiger partial charge in [0.05, 0.1) is 49.1 Å². The monoisotopic (exact) mass is 503 g/mol. The van der Waals surface area contributed by atoms with Crippen molar-refractivity contribution in [2.45, 2.75) is 50.9 Å². The van der Waals surface area contributed by atoms with Gasteiger partial charge in [-0.1, -0.05) is 6.07 Å². The molecule has 12 heteroatoms. The van der Waals surface area contributed by atoms with Crippen molar-refractivity contribution in [2.75, 3.05) is 36.4 Å². The SMILES string of the molecule is CC(C)(C)OC(=O)N1C[C@H](Nc2cccc(-c3cnc4cnc(N5CCC(F)(F)C5)cn34)n2)[C@@H](F)C1. The zero-order valence-corrected chi connectivity index (χ0v) is 20.3. The number of imidazole rings is 1. The number of halogens is 3. The molecule has 2 aliphatic heterocycles. The molecule has 192 valence electrons. The molecular formula is C24H28F3N7O2. The topological polar surface area (TPSA) is 87.9 Å². The van der Waals surface area contributed by atoms with E-state index < -0.39 is 29.8 Å². The summed E-state index contributed by atoms with van der Waals surface area (Å²) >= 11 is 0. The van der Waals surface area contributed by atoms with Crippen LogP contribution in [0, 0.1) is 0 Å². The summed E-state index contributed by atoms with van der Waals surface area (Å²) in [5.41, 5.74) is 1.09. The number of nitrogens with zero attached hydrogens (tertiary/aromatic N) is 6. The summed E-state index contributed by atoms with van der Waals surface area (Å²) < 4.78 is 49.2. The lowest BCUT2D eigenvalue weighted by atomic mass is 10.2. The fourth-order valence-electron chi connectivity index (χ4n) is 4.39. The Morgan fingerprint density at radius 2 is 2.00 bits per heavy atom. The van der Waals surface area contributed by atoms with Crippen LogP contribution in [-0.2, 0) is 4.74 Å². The van der Waals surface area contributed by atoms with E-state index in [1.807, 2.05) is 0 Å². The Morgan fingerprint density at radius 1 is 1.19 bits per heavy atom. The summed E-state index contributed by atoms with van der Waals surface area (Å²) in [6.07, 6.45) is 2.79. The molecule has 0 aromatic carbocycles. The fraction of sp³-hybridized carbons (Fsp3) is 0.500. The lowest BCUT2D eigenvalue weighted by Crippen LogP contribution is -2.36. The fourth-order valence-corrected chi connectivity index (χ4v) is 4.39. The minimum Gasteiger partial charge on any atom is -0.444 e. The van der Waals surface area contributed by atoms with E-state index in [4.69, 9.17) is 4.74 Å². The molecule has 2 fully saturated rings. The average Bonchev–Trinajstić information content (AvgIpc) is 3.49. The second-order valence-corrected chi connectivity index (χ2v) is 10.2. The van der Waals surface area contributed by atoms with Crippen LogP contribution in [0.5, 0.6) is 0 Å². The Labute approximate surface area is 206 Å². The number of fused-ring (bicyclic) bond motifs is 1. The smallest absolute Gasteiger partial charge is 0.410 e. The standard InChI is InChI=1S/C24H28F3N7O2/c1-23(2,3)36-22(35)33-11-15(25)17(12-33)31-19-6-4-5-16(30-19)18-9-28-20-10-29-21(13-34(18)20)32-8-7-24(26,27)14-32/h4-6,9-10,13,15,17H,7-8,11-12,14H2,1-3H3,(H,30,31)/t15-,17-/m0/s1. The molecule has 0 saturated carbocycles. The van der Waals surface area contributed by atoms with E-state index in [0.29, 0.717) is 28.7 Å². The van der Waals surface area contributed by atoms with Gasteiger partial charge in [-0.3, -0.25) is 4.40 Å². The Kier molecular flexibility index (Phi) is 5.92. The van der Waals surface area contributed by atoms with E-state index in [-0.39, 0.29) is 32.6 Å². The number of ether oxygens (including phenoxy) is 1. The van der Waals surface area contributed by atoms with Gasteiger partial charge >= 0.3 is 6.09 Å². The number of carbonyl (C=O) groups excluding carboxylic acids is 1. The highest BCUT2D eigenvalue weighted by Gasteiger charge is 2.39. The molecule has 5 rings (SSSR count). The first-order valence-electron chi connectivity index (χ1n) is 11.8. The van der Waals surface area contributed by atoms with Crippen molar-refractivity contribution < 1.29 is 22.7 Å². The van der Waals surface area contributed by atoms with Gasteiger partial charge in [-0.2, -0.15) is 0 Å². The van der Waals surface area contributed by atoms with Gasteiger partial charge in [0.25, 0.3) is 5.92 Å². The second kappa shape index (κ2) is 8.82. The number of hydrogen-bond acceptors (Lipinski definition) is 7. The Balaban J connectivity index is 1.34. The minimum absolute atomic E-state index is 0.0646. The molecule has 2 saturated heterocycles. The Hall–Kier alpha value is -3.57. The van der Waals surface area contributed by atoms with E-state index in [9.17, 15) is 18.0 Å². The molecule has 0 radical (unpaired) electrons. The van der Waals surface area contributed by atoms with Crippen LogP contribution in [-0.4, -0.2) is 80.3 Å². The zero-order valence-electron chi connectivity index (χ0n) is 20.3. The summed E-state index contributed by atoms with van der Waals surface area (Å²) in [7, 11) is 0. The highest BCUT2D eigenvalue weighted by Crippen LogP contribution is 2.31. The van der Waals surface area contributed by atoms with Gasteiger partial charge in [-0.05, 0) is 32.9 Å². The maximum absolute atomic E-state index is 14.7. The number of nitrogens with one attached hydrogen (secondary N) is 1. The normalized spacial score (nSPS) is 21.8. The van der Waals surface area contributed by atoms with E-state index in [0.717, 1.165) is 0 Å². The number of amides is 1. The van der Waals surface area contributed by atoms with Crippen molar-refractivity contribution in [2.24, 2.45) is 0 Å². The molecule has 36 heavy (non-hydrogen) atoms. The van der Waals surface area contributed by atoms with E-state index in [1.54, 1.807) is 60.7 Å². The van der Waals surface area contributed by atoms with Crippen LogP contribution in [0.3, 0.4) is 0 Å². The van der Waals surface area contributed by atoms with Crippen LogP contribution in [0.1, 0.15) is 27.2 Å². The lowest BCUT2D eigenvalue weighted by Gasteiger charge is -2.24. The highest BCUT2D eigenvalue weighted by atomic mass is 19.3. The van der Waals surface area contributed by atoms with Crippen molar-refractivity contribution in [3.63, 3.8) is 0 Å². The summed E-state index contributed by atoms with van der Waals surface area (Å²) in [5, 5.41) is 3.08. The first-order chi connectivity index (χ1) is 17.0. The number of alkyl halides is 3. The maximum atomic E-state index is 14.7. The van der Waals surface area contributed by atoms with Crippen molar-refractivity contribution in [3.05, 3.63) is 36.8 Å². The van der Waals surface area contributed by atoms with Crippen molar-refractivity contribution in [3.8, 4) is 11.4 Å². The summed E-state index contributed by atoms with van der Waals surface area (Å²) in [6.45, 7) is 5.21. The number of hydrogen-bond donors (Lipinski definition) is 1. The van der Waals surface area contributed by atoms with Crippen LogP contribution in [0.15, 0.2) is 36.8 Å². The minimum atomic E-state index is -2.73. The summed E-state index contributed by atoms with van der Waals surface area (Å²) in [5.74, 6) is -1.86. The number of likely N-dealkylation sites (tertiary alicyclic amines) is 1. The molecular weight excluding hydrogens is 475 g/mol. The molecule has 2 aliphatic rings. The molecule has 1 N–H and O–H groups in total. The van der Waals surface area contributed by atoms with Gasteiger partial charge < -0.3 is 19.9 Å². The van der Waals surface area contributed by atoms with Crippen LogP contribution in [0.2, 0.25) is 0 Å². The molecule has 0 spiro atoms. The first kappa shape index (κ1) is 24.1. The van der Waals surface area contributed by atoms with Crippen LogP contribution in [0.4, 0.5) is 29.6 Å². The van der Waals surface area contributed by atoms with Crippen molar-refractivity contribution >= 4 is 23.4 Å². The predicted octanol–water partition coefficient (Wildman–Crippen LogP) is 4.01. The molecule has 3 aromatic rings. The lowest BCUT2D eigenvalue weighted by molar-refractivity contribution is 0.0254. The molecule has 3 aromatic heterocycles. The van der Waals surface area contributed by atoms with Gasteiger partial charge in [0, 0.05) is 19.5 Å².